The van der Waals surface area contributed by atoms with Crippen molar-refractivity contribution in [2.45, 2.75) is 39.7 Å². The Morgan fingerprint density at radius 3 is 2.57 bits per heavy atom. The maximum Gasteiger partial charge on any atom is 0.128 e. The molecule has 2 aromatic rings. The number of fused-ring (bicyclic) bond motifs is 1. The summed E-state index contributed by atoms with van der Waals surface area (Å²) in [6.45, 7) is 10.2. The molecular weight excluding hydrogens is 284 g/mol. The lowest BCUT2D eigenvalue weighted by atomic mass is 10.1. The van der Waals surface area contributed by atoms with E-state index < -0.39 is 0 Å². The predicted octanol–water partition coefficient (Wildman–Crippen LogP) is 4.77. The molecule has 0 heterocycles. The summed E-state index contributed by atoms with van der Waals surface area (Å²) in [6, 6.07) is 13.1. The van der Waals surface area contributed by atoms with Gasteiger partial charge in [-0.05, 0) is 50.9 Å². The summed E-state index contributed by atoms with van der Waals surface area (Å²) in [6.07, 6.45) is 2.40. The second-order valence-corrected chi connectivity index (χ2v) is 6.11. The molecular formula is C20H30N2O. The average molecular weight is 314 g/mol. The lowest BCUT2D eigenvalue weighted by Crippen LogP contribution is -2.25. The van der Waals surface area contributed by atoms with Crippen LogP contribution in [0.2, 0.25) is 0 Å². The third-order valence-corrected chi connectivity index (χ3v) is 4.46. The van der Waals surface area contributed by atoms with Gasteiger partial charge in [-0.2, -0.15) is 0 Å². The van der Waals surface area contributed by atoms with E-state index in [0.717, 1.165) is 29.9 Å². The minimum atomic E-state index is 0.455. The summed E-state index contributed by atoms with van der Waals surface area (Å²) in [5.41, 5.74) is 1.14. The van der Waals surface area contributed by atoms with Crippen molar-refractivity contribution in [3.63, 3.8) is 0 Å². The van der Waals surface area contributed by atoms with Crippen LogP contribution in [0.4, 0.5) is 5.69 Å². The molecule has 2 aromatic carbocycles. The molecule has 0 saturated heterocycles. The number of anilines is 1. The molecule has 23 heavy (non-hydrogen) atoms. The lowest BCUT2D eigenvalue weighted by Gasteiger charge is -2.20. The highest BCUT2D eigenvalue weighted by Crippen LogP contribution is 2.30. The summed E-state index contributed by atoms with van der Waals surface area (Å²) in [5, 5.41) is 5.99. The van der Waals surface area contributed by atoms with Crippen LogP contribution in [0.3, 0.4) is 0 Å². The highest BCUT2D eigenvalue weighted by molar-refractivity contribution is 5.91. The Hall–Kier alpha value is -1.74. The number of ether oxygens (including phenoxy) is 1. The van der Waals surface area contributed by atoms with Gasteiger partial charge in [0.1, 0.15) is 5.75 Å². The predicted molar refractivity (Wildman–Crippen MR) is 101 cm³/mol. The van der Waals surface area contributed by atoms with E-state index in [1.54, 1.807) is 7.11 Å². The van der Waals surface area contributed by atoms with E-state index in [9.17, 15) is 0 Å². The summed E-state index contributed by atoms with van der Waals surface area (Å²) in [4.78, 5) is 2.48. The number of nitrogens with one attached hydrogen (secondary N) is 1. The molecule has 0 fully saturated rings. The van der Waals surface area contributed by atoms with Crippen molar-refractivity contribution >= 4 is 16.5 Å². The molecule has 0 spiro atoms. The van der Waals surface area contributed by atoms with E-state index in [0.29, 0.717) is 6.04 Å². The zero-order valence-electron chi connectivity index (χ0n) is 14.9. The zero-order valence-corrected chi connectivity index (χ0v) is 14.9. The van der Waals surface area contributed by atoms with Gasteiger partial charge < -0.3 is 15.0 Å². The average Bonchev–Trinajstić information content (AvgIpc) is 2.58. The van der Waals surface area contributed by atoms with Gasteiger partial charge in [0.15, 0.2) is 0 Å². The zero-order chi connectivity index (χ0) is 16.7. The number of methoxy groups -OCH3 is 1. The maximum absolute atomic E-state index is 5.54. The second kappa shape index (κ2) is 8.78. The van der Waals surface area contributed by atoms with E-state index in [2.05, 4.69) is 61.3 Å². The third-order valence-electron chi connectivity index (χ3n) is 4.46. The van der Waals surface area contributed by atoms with Gasteiger partial charge in [0.05, 0.1) is 7.11 Å². The van der Waals surface area contributed by atoms with E-state index in [-0.39, 0.29) is 0 Å². The molecule has 0 saturated carbocycles. The van der Waals surface area contributed by atoms with Crippen LogP contribution >= 0.6 is 0 Å². The molecule has 0 amide bonds. The Morgan fingerprint density at radius 1 is 1.13 bits per heavy atom. The van der Waals surface area contributed by atoms with Gasteiger partial charge in [0, 0.05) is 23.2 Å². The summed E-state index contributed by atoms with van der Waals surface area (Å²) >= 11 is 0. The highest BCUT2D eigenvalue weighted by Gasteiger charge is 2.08. The number of benzene rings is 2. The van der Waals surface area contributed by atoms with E-state index in [1.807, 2.05) is 6.07 Å². The molecule has 126 valence electrons. The van der Waals surface area contributed by atoms with Gasteiger partial charge in [-0.1, -0.05) is 38.1 Å². The lowest BCUT2D eigenvalue weighted by molar-refractivity contribution is 0.295. The fraction of sp³-hybridized carbons (Fsp3) is 0.500. The minimum Gasteiger partial charge on any atom is -0.496 e. The Labute approximate surface area is 140 Å². The van der Waals surface area contributed by atoms with Crippen LogP contribution in [0, 0.1) is 0 Å². The van der Waals surface area contributed by atoms with E-state index >= 15 is 0 Å². The number of nitrogens with zero attached hydrogens (tertiary/aromatic N) is 1. The molecule has 0 unspecified atom stereocenters. The molecule has 3 nitrogen and oxygen atoms in total. The van der Waals surface area contributed by atoms with Gasteiger partial charge >= 0.3 is 0 Å². The minimum absolute atomic E-state index is 0.455. The second-order valence-electron chi connectivity index (χ2n) is 6.11. The van der Waals surface area contributed by atoms with Crippen molar-refractivity contribution < 1.29 is 4.74 Å². The van der Waals surface area contributed by atoms with Gasteiger partial charge in [-0.15, -0.1) is 0 Å². The molecule has 0 aliphatic rings. The van der Waals surface area contributed by atoms with Crippen molar-refractivity contribution in [2.75, 3.05) is 32.1 Å². The van der Waals surface area contributed by atoms with E-state index in [4.69, 9.17) is 4.74 Å². The van der Waals surface area contributed by atoms with Crippen molar-refractivity contribution in [3.05, 3.63) is 36.4 Å². The first kappa shape index (κ1) is 17.6. The van der Waals surface area contributed by atoms with Crippen molar-refractivity contribution in [2.24, 2.45) is 0 Å². The first-order valence-corrected chi connectivity index (χ1v) is 8.73. The molecule has 3 heteroatoms. The fourth-order valence-electron chi connectivity index (χ4n) is 3.05. The summed E-state index contributed by atoms with van der Waals surface area (Å²) in [5.74, 6) is 0.931. The number of rotatable bonds is 9. The van der Waals surface area contributed by atoms with Gasteiger partial charge in [-0.25, -0.2) is 0 Å². The normalized spacial score (nSPS) is 12.6. The van der Waals surface area contributed by atoms with Crippen LogP contribution < -0.4 is 10.1 Å². The molecule has 0 bridgehead atoms. The number of hydrogen-bond donors (Lipinski definition) is 1. The Morgan fingerprint density at radius 2 is 1.87 bits per heavy atom. The van der Waals surface area contributed by atoms with Crippen LogP contribution in [-0.2, 0) is 0 Å². The largest absolute Gasteiger partial charge is 0.496 e. The van der Waals surface area contributed by atoms with E-state index in [1.165, 1.54) is 24.8 Å². The van der Waals surface area contributed by atoms with Crippen LogP contribution in [0.25, 0.3) is 10.8 Å². The fourth-order valence-corrected chi connectivity index (χ4v) is 3.05. The first-order valence-electron chi connectivity index (χ1n) is 8.73. The van der Waals surface area contributed by atoms with Crippen molar-refractivity contribution in [1.82, 2.24) is 4.90 Å². The van der Waals surface area contributed by atoms with Crippen LogP contribution in [0.5, 0.6) is 5.75 Å². The molecule has 0 aromatic heterocycles. The molecule has 1 N–H and O–H groups in total. The first-order chi connectivity index (χ1) is 11.2. The summed E-state index contributed by atoms with van der Waals surface area (Å²) in [7, 11) is 1.74. The van der Waals surface area contributed by atoms with Crippen LogP contribution in [-0.4, -0.2) is 37.7 Å². The van der Waals surface area contributed by atoms with Crippen LogP contribution in [0.15, 0.2) is 36.4 Å². The van der Waals surface area contributed by atoms with Gasteiger partial charge in [0.25, 0.3) is 0 Å². The Bertz CT molecular complexity index is 608. The number of hydrogen-bond acceptors (Lipinski definition) is 3. The Kier molecular flexibility index (Phi) is 6.72. The quantitative estimate of drug-likeness (QED) is 0.721. The monoisotopic (exact) mass is 314 g/mol. The van der Waals surface area contributed by atoms with Crippen LogP contribution in [0.1, 0.15) is 33.6 Å². The Balaban J connectivity index is 1.98. The molecule has 0 aliphatic carbocycles. The smallest absolute Gasteiger partial charge is 0.128 e. The standard InChI is InChI=1S/C20H30N2O/c1-5-22(6-2)13-9-10-16(3)21-18-14-17-11-7-8-12-19(17)20(15-18)23-4/h7-8,11-12,14-16,21H,5-6,9-10,13H2,1-4H3/t16-/m1/s1. The summed E-state index contributed by atoms with van der Waals surface area (Å²) < 4.78 is 5.54. The molecule has 0 aliphatic heterocycles. The molecule has 0 radical (unpaired) electrons. The van der Waals surface area contributed by atoms with Gasteiger partial charge in [0.2, 0.25) is 0 Å². The van der Waals surface area contributed by atoms with Gasteiger partial charge in [-0.3, -0.25) is 0 Å². The topological polar surface area (TPSA) is 24.5 Å². The maximum atomic E-state index is 5.54. The van der Waals surface area contributed by atoms with Crippen molar-refractivity contribution in [3.8, 4) is 5.75 Å². The molecule has 2 rings (SSSR count). The molecule has 1 atom stereocenters. The highest BCUT2D eigenvalue weighted by atomic mass is 16.5. The third kappa shape index (κ3) is 4.87. The SMILES string of the molecule is CCN(CC)CCC[C@@H](C)Nc1cc(OC)c2ccccc2c1. The van der Waals surface area contributed by atoms with Crippen molar-refractivity contribution in [1.29, 1.82) is 0 Å².